The molecule has 4 rings (SSSR count). The third kappa shape index (κ3) is 3.55. The van der Waals surface area contributed by atoms with E-state index in [1.807, 2.05) is 42.6 Å². The Labute approximate surface area is 171 Å². The molecule has 4 heterocycles. The fourth-order valence-corrected chi connectivity index (χ4v) is 4.24. The Morgan fingerprint density at radius 3 is 2.79 bits per heavy atom. The number of hydrogen-bond donors (Lipinski definition) is 1. The number of hydrogen-bond acceptors (Lipinski definition) is 5. The van der Waals surface area contributed by atoms with Gasteiger partial charge in [0.25, 0.3) is 5.91 Å². The summed E-state index contributed by atoms with van der Waals surface area (Å²) in [6.45, 7) is 10.5. The van der Waals surface area contributed by atoms with Crippen LogP contribution in [0, 0.1) is 19.8 Å². The van der Waals surface area contributed by atoms with E-state index in [4.69, 9.17) is 9.40 Å². The number of furan rings is 1. The number of nitrogens with one attached hydrogen (secondary N) is 1. The number of carbonyl (C=O) groups is 1. The molecule has 0 aliphatic carbocycles. The zero-order valence-electron chi connectivity index (χ0n) is 17.8. The van der Waals surface area contributed by atoms with Gasteiger partial charge in [0, 0.05) is 24.7 Å². The van der Waals surface area contributed by atoms with E-state index in [0.29, 0.717) is 11.5 Å². The van der Waals surface area contributed by atoms with Gasteiger partial charge in [0.2, 0.25) is 0 Å². The summed E-state index contributed by atoms with van der Waals surface area (Å²) in [4.78, 5) is 20.3. The van der Waals surface area contributed by atoms with Gasteiger partial charge in [0.15, 0.2) is 5.65 Å². The highest BCUT2D eigenvalue weighted by Gasteiger charge is 2.29. The van der Waals surface area contributed by atoms with E-state index in [1.54, 1.807) is 6.20 Å². The average Bonchev–Trinajstić information content (AvgIpc) is 3.38. The minimum Gasteiger partial charge on any atom is -0.466 e. The Balaban J connectivity index is 1.82. The van der Waals surface area contributed by atoms with E-state index >= 15 is 0 Å². The zero-order chi connectivity index (χ0) is 20.7. The predicted octanol–water partition coefficient (Wildman–Crippen LogP) is 3.57. The van der Waals surface area contributed by atoms with Crippen molar-refractivity contribution in [3.63, 3.8) is 0 Å². The molecule has 0 spiro atoms. The maximum absolute atomic E-state index is 13.5. The Hall–Kier alpha value is -2.67. The van der Waals surface area contributed by atoms with Gasteiger partial charge in [-0.05, 0) is 65.8 Å². The first-order valence-electron chi connectivity index (χ1n) is 10.3. The number of carbonyl (C=O) groups excluding carboxylic acids is 1. The van der Waals surface area contributed by atoms with E-state index < -0.39 is 0 Å². The minimum atomic E-state index is 0.0541. The first-order valence-corrected chi connectivity index (χ1v) is 10.3. The number of likely N-dealkylation sites (tertiary alicyclic amines) is 1. The minimum absolute atomic E-state index is 0.0541. The molecule has 1 aliphatic heterocycles. The van der Waals surface area contributed by atoms with Crippen LogP contribution in [0.3, 0.4) is 0 Å². The van der Waals surface area contributed by atoms with Gasteiger partial charge >= 0.3 is 0 Å². The summed E-state index contributed by atoms with van der Waals surface area (Å²) in [5, 5.41) is 8.55. The molecule has 1 atom stereocenters. The van der Waals surface area contributed by atoms with Crippen molar-refractivity contribution in [3.8, 4) is 11.3 Å². The molecule has 1 amide bonds. The van der Waals surface area contributed by atoms with Crippen molar-refractivity contribution in [2.45, 2.75) is 40.2 Å². The number of aromatic nitrogens is 3. The monoisotopic (exact) mass is 395 g/mol. The SMILES string of the molecule is CNC[C@H]1CCN(C(=O)c2cc(-c3cc(C)oc3C)nc3c2cnn3C(C)C)C1. The van der Waals surface area contributed by atoms with Crippen LogP contribution in [-0.2, 0) is 0 Å². The summed E-state index contributed by atoms with van der Waals surface area (Å²) >= 11 is 0. The molecule has 1 fully saturated rings. The van der Waals surface area contributed by atoms with E-state index in [2.05, 4.69) is 24.3 Å². The van der Waals surface area contributed by atoms with Gasteiger partial charge in [-0.3, -0.25) is 4.79 Å². The summed E-state index contributed by atoms with van der Waals surface area (Å²) in [7, 11) is 1.96. The van der Waals surface area contributed by atoms with Crippen LogP contribution >= 0.6 is 0 Å². The lowest BCUT2D eigenvalue weighted by atomic mass is 10.1. The number of rotatable bonds is 5. The van der Waals surface area contributed by atoms with Crippen molar-refractivity contribution in [1.29, 1.82) is 0 Å². The topological polar surface area (TPSA) is 76.2 Å². The second kappa shape index (κ2) is 7.63. The largest absolute Gasteiger partial charge is 0.466 e. The molecule has 29 heavy (non-hydrogen) atoms. The third-order valence-electron chi connectivity index (χ3n) is 5.67. The van der Waals surface area contributed by atoms with Gasteiger partial charge < -0.3 is 14.6 Å². The maximum atomic E-state index is 13.5. The van der Waals surface area contributed by atoms with E-state index in [9.17, 15) is 4.79 Å². The summed E-state index contributed by atoms with van der Waals surface area (Å²) in [5.74, 6) is 2.19. The van der Waals surface area contributed by atoms with Crippen LogP contribution in [0.25, 0.3) is 22.3 Å². The normalized spacial score (nSPS) is 17.0. The highest BCUT2D eigenvalue weighted by molar-refractivity contribution is 6.06. The van der Waals surface area contributed by atoms with Crippen molar-refractivity contribution >= 4 is 16.9 Å². The molecule has 154 valence electrons. The molecular weight excluding hydrogens is 366 g/mol. The summed E-state index contributed by atoms with van der Waals surface area (Å²) in [6.07, 6.45) is 2.80. The third-order valence-corrected chi connectivity index (χ3v) is 5.67. The van der Waals surface area contributed by atoms with Gasteiger partial charge in [-0.25, -0.2) is 9.67 Å². The molecule has 3 aromatic heterocycles. The van der Waals surface area contributed by atoms with Crippen molar-refractivity contribution < 1.29 is 9.21 Å². The standard InChI is InChI=1S/C22H29N5O2/c1-13(2)27-21-19(11-24-27)18(22(28)26-7-6-16(12-26)10-23-5)9-20(25-21)17-8-14(3)29-15(17)4/h8-9,11,13,16,23H,6-7,10,12H2,1-5H3/t16-/m1/s1. The van der Waals surface area contributed by atoms with Gasteiger partial charge in [-0.2, -0.15) is 5.10 Å². The fourth-order valence-electron chi connectivity index (χ4n) is 4.24. The molecule has 1 aliphatic rings. The molecule has 1 N–H and O–H groups in total. The zero-order valence-corrected chi connectivity index (χ0v) is 17.8. The molecule has 7 nitrogen and oxygen atoms in total. The lowest BCUT2D eigenvalue weighted by Gasteiger charge is -2.18. The molecule has 7 heteroatoms. The molecule has 0 aromatic carbocycles. The van der Waals surface area contributed by atoms with Crippen LogP contribution in [0.15, 0.2) is 22.7 Å². The number of fused-ring (bicyclic) bond motifs is 1. The number of amides is 1. The molecule has 0 radical (unpaired) electrons. The van der Waals surface area contributed by atoms with Gasteiger partial charge in [-0.15, -0.1) is 0 Å². The molecule has 0 saturated carbocycles. The first kappa shape index (κ1) is 19.6. The van der Waals surface area contributed by atoms with Crippen molar-refractivity contribution in [2.75, 3.05) is 26.7 Å². The van der Waals surface area contributed by atoms with E-state index in [1.165, 1.54) is 0 Å². The van der Waals surface area contributed by atoms with E-state index in [0.717, 1.165) is 59.9 Å². The van der Waals surface area contributed by atoms with Crippen LogP contribution in [0.2, 0.25) is 0 Å². The summed E-state index contributed by atoms with van der Waals surface area (Å²) < 4.78 is 7.60. The van der Waals surface area contributed by atoms with Gasteiger partial charge in [0.1, 0.15) is 11.5 Å². The van der Waals surface area contributed by atoms with Gasteiger partial charge in [-0.1, -0.05) is 0 Å². The Morgan fingerprint density at radius 1 is 1.34 bits per heavy atom. The lowest BCUT2D eigenvalue weighted by molar-refractivity contribution is 0.0789. The highest BCUT2D eigenvalue weighted by Crippen LogP contribution is 2.31. The van der Waals surface area contributed by atoms with Crippen LogP contribution in [0.1, 0.15) is 48.2 Å². The molecule has 1 saturated heterocycles. The van der Waals surface area contributed by atoms with Crippen molar-refractivity contribution in [3.05, 3.63) is 35.4 Å². The van der Waals surface area contributed by atoms with Crippen LogP contribution < -0.4 is 5.32 Å². The smallest absolute Gasteiger partial charge is 0.254 e. The Bertz CT molecular complexity index is 1050. The van der Waals surface area contributed by atoms with E-state index in [-0.39, 0.29) is 11.9 Å². The summed E-state index contributed by atoms with van der Waals surface area (Å²) in [5.41, 5.74) is 3.08. The first-order chi connectivity index (χ1) is 13.9. The lowest BCUT2D eigenvalue weighted by Crippen LogP contribution is -2.30. The molecular formula is C22H29N5O2. The fraction of sp³-hybridized carbons (Fsp3) is 0.500. The number of aryl methyl sites for hydroxylation is 2. The number of pyridine rings is 1. The maximum Gasteiger partial charge on any atom is 0.254 e. The van der Waals surface area contributed by atoms with Crippen molar-refractivity contribution in [2.24, 2.45) is 5.92 Å². The molecule has 3 aromatic rings. The second-order valence-electron chi connectivity index (χ2n) is 8.27. The summed E-state index contributed by atoms with van der Waals surface area (Å²) in [6, 6.07) is 4.03. The predicted molar refractivity (Wildman–Crippen MR) is 113 cm³/mol. The van der Waals surface area contributed by atoms with Crippen LogP contribution in [0.4, 0.5) is 0 Å². The second-order valence-corrected chi connectivity index (χ2v) is 8.27. The van der Waals surface area contributed by atoms with Gasteiger partial charge in [0.05, 0.1) is 22.8 Å². The van der Waals surface area contributed by atoms with Crippen molar-refractivity contribution in [1.82, 2.24) is 25.0 Å². The average molecular weight is 396 g/mol. The number of nitrogens with zero attached hydrogens (tertiary/aromatic N) is 4. The molecule has 0 unspecified atom stereocenters. The molecule has 0 bridgehead atoms. The Kier molecular flexibility index (Phi) is 5.17. The highest BCUT2D eigenvalue weighted by atomic mass is 16.3. The van der Waals surface area contributed by atoms with Crippen LogP contribution in [0.5, 0.6) is 0 Å². The van der Waals surface area contributed by atoms with Crippen LogP contribution in [-0.4, -0.2) is 52.3 Å². The Morgan fingerprint density at radius 2 is 2.14 bits per heavy atom. The quantitative estimate of drug-likeness (QED) is 0.715.